The Morgan fingerprint density at radius 3 is 2.43 bits per heavy atom. The third-order valence-corrected chi connectivity index (χ3v) is 3.24. The van der Waals surface area contributed by atoms with Crippen LogP contribution in [-0.4, -0.2) is 18.6 Å². The Balaban J connectivity index is 0.00000220. The largest absolute Gasteiger partial charge is 0.494 e. The molecule has 1 aliphatic heterocycles. The number of benzene rings is 1. The molecule has 0 atom stereocenters. The number of hydrogen-bond acceptors (Lipinski definition) is 2. The zero-order valence-electron chi connectivity index (χ0n) is 11.7. The summed E-state index contributed by atoms with van der Waals surface area (Å²) in [6, 6.07) is 2.29. The van der Waals surface area contributed by atoms with E-state index in [0.29, 0.717) is 17.3 Å². The van der Waals surface area contributed by atoms with Gasteiger partial charge in [0.15, 0.2) is 0 Å². The SMILES string of the molecule is C=C1C(Cl)=C[C-]=C(c2c(F)cc(OCC)cc2F)N1C.[Y]. The zero-order valence-corrected chi connectivity index (χ0v) is 15.3. The predicted molar refractivity (Wildman–Crippen MR) is 75.0 cm³/mol. The van der Waals surface area contributed by atoms with Crippen molar-refractivity contribution in [2.24, 2.45) is 0 Å². The van der Waals surface area contributed by atoms with Gasteiger partial charge in [-0.1, -0.05) is 12.3 Å². The van der Waals surface area contributed by atoms with E-state index in [9.17, 15) is 8.78 Å². The Morgan fingerprint density at radius 1 is 1.33 bits per heavy atom. The van der Waals surface area contributed by atoms with E-state index >= 15 is 0 Å². The van der Waals surface area contributed by atoms with Gasteiger partial charge in [-0.3, -0.25) is 0 Å². The monoisotopic (exact) mass is 385 g/mol. The first-order chi connectivity index (χ1) is 9.45. The molecule has 0 N–H and O–H groups in total. The summed E-state index contributed by atoms with van der Waals surface area (Å²) in [7, 11) is 1.62. The molecule has 0 saturated heterocycles. The maximum atomic E-state index is 14.1. The maximum absolute atomic E-state index is 14.1. The van der Waals surface area contributed by atoms with E-state index < -0.39 is 11.6 Å². The van der Waals surface area contributed by atoms with E-state index in [1.807, 2.05) is 0 Å². The number of hydrogen-bond donors (Lipinski definition) is 0. The van der Waals surface area contributed by atoms with Crippen LogP contribution in [0.15, 0.2) is 35.5 Å². The van der Waals surface area contributed by atoms with Crippen LogP contribution >= 0.6 is 11.6 Å². The Kier molecular flexibility index (Phi) is 6.57. The summed E-state index contributed by atoms with van der Waals surface area (Å²) in [5, 5.41) is 0.378. The molecule has 109 valence electrons. The van der Waals surface area contributed by atoms with Gasteiger partial charge >= 0.3 is 0 Å². The fraction of sp³-hybridized carbons (Fsp3) is 0.200. The number of rotatable bonds is 3. The van der Waals surface area contributed by atoms with E-state index in [4.69, 9.17) is 16.3 Å². The molecule has 0 aromatic heterocycles. The van der Waals surface area contributed by atoms with E-state index in [1.165, 1.54) is 11.0 Å². The van der Waals surface area contributed by atoms with Gasteiger partial charge < -0.3 is 9.64 Å². The van der Waals surface area contributed by atoms with Gasteiger partial charge in [-0.25, -0.2) is 8.78 Å². The van der Waals surface area contributed by atoms with Crippen LogP contribution in [0.4, 0.5) is 8.78 Å². The molecule has 2 nitrogen and oxygen atoms in total. The minimum Gasteiger partial charge on any atom is -0.494 e. The van der Waals surface area contributed by atoms with Crippen LogP contribution in [0.1, 0.15) is 12.5 Å². The van der Waals surface area contributed by atoms with Crippen LogP contribution in [0.5, 0.6) is 5.75 Å². The van der Waals surface area contributed by atoms with Crippen molar-refractivity contribution < 1.29 is 46.2 Å². The third-order valence-electron chi connectivity index (χ3n) is 2.92. The van der Waals surface area contributed by atoms with E-state index in [0.717, 1.165) is 12.1 Å². The molecule has 0 amide bonds. The van der Waals surface area contributed by atoms with E-state index in [-0.39, 0.29) is 49.7 Å². The van der Waals surface area contributed by atoms with Crippen LogP contribution in [0, 0.1) is 17.7 Å². The third kappa shape index (κ3) is 3.74. The first kappa shape index (κ1) is 18.3. The van der Waals surface area contributed by atoms with Crippen molar-refractivity contribution in [2.75, 3.05) is 13.7 Å². The standard InChI is InChI=1S/C15H13ClF2NO.Y/c1-4-20-10-7-12(17)15(13(18)8-10)14-6-5-11(16)9(2)19(14)3;/h5,7-8H,2,4H2,1,3H3;/q-1;. The fourth-order valence-electron chi connectivity index (χ4n) is 1.87. The number of nitrogens with zero attached hydrogens (tertiary/aromatic N) is 1. The van der Waals surface area contributed by atoms with Gasteiger partial charge in [0.1, 0.15) is 5.75 Å². The Morgan fingerprint density at radius 2 is 1.90 bits per heavy atom. The molecule has 0 spiro atoms. The Hall–Kier alpha value is -0.706. The van der Waals surface area contributed by atoms with Gasteiger partial charge in [0.05, 0.1) is 18.2 Å². The van der Waals surface area contributed by atoms with Gasteiger partial charge in [-0.15, -0.1) is 0 Å². The number of halogens is 3. The number of allylic oxidation sites excluding steroid dienone is 3. The average molecular weight is 386 g/mol. The number of likely N-dealkylation sites (N-methyl/N-ethyl adjacent to an activating group) is 1. The molecule has 2 rings (SSSR count). The second kappa shape index (κ2) is 7.52. The second-order valence-electron chi connectivity index (χ2n) is 4.19. The van der Waals surface area contributed by atoms with Crippen molar-refractivity contribution in [2.45, 2.75) is 6.92 Å². The van der Waals surface area contributed by atoms with Gasteiger partial charge in [-0.2, -0.15) is 23.8 Å². The van der Waals surface area contributed by atoms with Crippen molar-refractivity contribution >= 4 is 17.3 Å². The topological polar surface area (TPSA) is 12.5 Å². The van der Waals surface area contributed by atoms with Crippen molar-refractivity contribution in [3.63, 3.8) is 0 Å². The molecule has 0 saturated carbocycles. The van der Waals surface area contributed by atoms with E-state index in [1.54, 1.807) is 14.0 Å². The molecular formula is C15H13ClF2NOY-. The van der Waals surface area contributed by atoms with Crippen LogP contribution < -0.4 is 4.74 Å². The van der Waals surface area contributed by atoms with Crippen LogP contribution in [0.3, 0.4) is 0 Å². The van der Waals surface area contributed by atoms with Gasteiger partial charge in [0.2, 0.25) is 0 Å². The summed E-state index contributed by atoms with van der Waals surface area (Å²) in [4.78, 5) is 1.49. The number of ether oxygens (including phenoxy) is 1. The van der Waals surface area contributed by atoms with Crippen molar-refractivity contribution in [1.82, 2.24) is 4.90 Å². The molecule has 1 aliphatic rings. The second-order valence-corrected chi connectivity index (χ2v) is 4.59. The first-order valence-corrected chi connectivity index (χ1v) is 6.37. The van der Waals surface area contributed by atoms with Crippen LogP contribution in [0.25, 0.3) is 5.70 Å². The fourth-order valence-corrected chi connectivity index (χ4v) is 2.05. The van der Waals surface area contributed by atoms with Gasteiger partial charge in [-0.05, 0) is 23.2 Å². The molecule has 1 heterocycles. The molecule has 0 bridgehead atoms. The molecule has 0 unspecified atom stereocenters. The van der Waals surface area contributed by atoms with E-state index in [2.05, 4.69) is 12.7 Å². The first-order valence-electron chi connectivity index (χ1n) is 6.00. The van der Waals surface area contributed by atoms with Crippen molar-refractivity contribution in [3.05, 3.63) is 58.8 Å². The molecule has 0 aliphatic carbocycles. The smallest absolute Gasteiger partial charge is 0.122 e. The summed E-state index contributed by atoms with van der Waals surface area (Å²) >= 11 is 5.90. The normalized spacial score (nSPS) is 14.3. The average Bonchev–Trinajstić information content (AvgIpc) is 2.38. The zero-order chi connectivity index (χ0) is 14.9. The van der Waals surface area contributed by atoms with Crippen molar-refractivity contribution in [1.29, 1.82) is 0 Å². The summed E-state index contributed by atoms with van der Waals surface area (Å²) in [6.07, 6.45) is 4.20. The summed E-state index contributed by atoms with van der Waals surface area (Å²) in [6.45, 7) is 5.83. The predicted octanol–water partition coefficient (Wildman–Crippen LogP) is 4.09. The van der Waals surface area contributed by atoms with Crippen LogP contribution in [0.2, 0.25) is 0 Å². The molecule has 1 radical (unpaired) electrons. The Bertz CT molecular complexity index is 605. The van der Waals surface area contributed by atoms with Gasteiger partial charge in [0.25, 0.3) is 0 Å². The quantitative estimate of drug-likeness (QED) is 0.727. The Labute approximate surface area is 153 Å². The van der Waals surface area contributed by atoms with Gasteiger partial charge in [0, 0.05) is 51.9 Å². The minimum atomic E-state index is -0.720. The van der Waals surface area contributed by atoms with Crippen molar-refractivity contribution in [3.8, 4) is 5.75 Å². The summed E-state index contributed by atoms with van der Waals surface area (Å²) in [5.41, 5.74) is 0.503. The van der Waals surface area contributed by atoms with Crippen LogP contribution in [-0.2, 0) is 32.7 Å². The summed E-state index contributed by atoms with van der Waals surface area (Å²) in [5.74, 6) is -1.29. The molecule has 0 fully saturated rings. The molecule has 1 aromatic carbocycles. The molecule has 6 heteroatoms. The molecular weight excluding hydrogens is 373 g/mol. The molecule has 21 heavy (non-hydrogen) atoms. The minimum absolute atomic E-state index is 0. The molecule has 1 aromatic rings. The maximum Gasteiger partial charge on any atom is 0.122 e. The summed E-state index contributed by atoms with van der Waals surface area (Å²) < 4.78 is 33.4.